The van der Waals surface area contributed by atoms with Crippen molar-refractivity contribution in [2.75, 3.05) is 45.9 Å². The molecule has 30 heavy (non-hydrogen) atoms. The molecule has 0 saturated carbocycles. The molecule has 0 radical (unpaired) electrons. The Morgan fingerprint density at radius 3 is 2.60 bits per heavy atom. The van der Waals surface area contributed by atoms with E-state index in [2.05, 4.69) is 35.7 Å². The third-order valence-electron chi connectivity index (χ3n) is 7.18. The summed E-state index contributed by atoms with van der Waals surface area (Å²) in [5.74, 6) is 0.146. The van der Waals surface area contributed by atoms with Gasteiger partial charge in [0, 0.05) is 62.1 Å². The lowest BCUT2D eigenvalue weighted by Gasteiger charge is -2.42. The average molecular weight is 418 g/mol. The summed E-state index contributed by atoms with van der Waals surface area (Å²) in [5.41, 5.74) is 3.29. The van der Waals surface area contributed by atoms with Crippen molar-refractivity contribution in [2.24, 2.45) is 0 Å². The quantitative estimate of drug-likeness (QED) is 0.768. The fourth-order valence-corrected chi connectivity index (χ4v) is 5.22. The Labute approximate surface area is 181 Å². The molecule has 2 aliphatic heterocycles. The highest BCUT2D eigenvalue weighted by molar-refractivity contribution is 5.94. The highest BCUT2D eigenvalue weighted by Gasteiger charge is 2.33. The second-order valence-electron chi connectivity index (χ2n) is 9.67. The number of hydrogen-bond donors (Lipinski definition) is 1. The predicted octanol–water partition coefficient (Wildman–Crippen LogP) is 2.09. The third-order valence-corrected chi connectivity index (χ3v) is 7.18. The van der Waals surface area contributed by atoms with Crippen molar-refractivity contribution in [2.45, 2.75) is 77.4 Å². The first-order chi connectivity index (χ1) is 14.5. The average Bonchev–Trinajstić information content (AvgIpc) is 3.16. The number of aromatic nitrogens is 2. The number of hydrogen-bond acceptors (Lipinski definition) is 5. The number of piperidine rings is 1. The van der Waals surface area contributed by atoms with E-state index in [1.54, 1.807) is 0 Å². The van der Waals surface area contributed by atoms with E-state index in [0.29, 0.717) is 11.7 Å². The zero-order valence-electron chi connectivity index (χ0n) is 19.1. The Morgan fingerprint density at radius 2 is 1.90 bits per heavy atom. The normalized spacial score (nSPS) is 23.4. The Bertz CT molecular complexity index is 732. The molecule has 3 aliphatic rings. The first-order valence-electron chi connectivity index (χ1n) is 11.9. The van der Waals surface area contributed by atoms with Gasteiger partial charge in [-0.3, -0.25) is 14.4 Å². The summed E-state index contributed by atoms with van der Waals surface area (Å²) in [7, 11) is 0. The van der Waals surface area contributed by atoms with Gasteiger partial charge in [0.05, 0.1) is 13.2 Å². The molecule has 1 aromatic heterocycles. The maximum absolute atomic E-state index is 13.2. The van der Waals surface area contributed by atoms with Gasteiger partial charge < -0.3 is 15.0 Å². The van der Waals surface area contributed by atoms with Gasteiger partial charge in [0.25, 0.3) is 5.91 Å². The molecule has 1 atom stereocenters. The number of carbonyl (C=O) groups excluding carboxylic acids is 1. The SMILES string of the molecule is CCn1nc(C(=O)N2CCCCC2)c2c1CC[C@@H](NCC(C)(C)N1CCOCC1)C2. The van der Waals surface area contributed by atoms with Gasteiger partial charge in [0.1, 0.15) is 0 Å². The van der Waals surface area contributed by atoms with Crippen LogP contribution in [0.25, 0.3) is 0 Å². The van der Waals surface area contributed by atoms with Gasteiger partial charge in [-0.15, -0.1) is 0 Å². The zero-order chi connectivity index (χ0) is 21.1. The largest absolute Gasteiger partial charge is 0.379 e. The summed E-state index contributed by atoms with van der Waals surface area (Å²) < 4.78 is 7.59. The number of nitrogens with one attached hydrogen (secondary N) is 1. The Kier molecular flexibility index (Phi) is 6.80. The molecule has 0 unspecified atom stereocenters. The fourth-order valence-electron chi connectivity index (χ4n) is 5.22. The van der Waals surface area contributed by atoms with Crippen LogP contribution >= 0.6 is 0 Å². The second kappa shape index (κ2) is 9.37. The number of amides is 1. The minimum atomic E-state index is 0.101. The molecule has 1 aromatic rings. The van der Waals surface area contributed by atoms with Crippen molar-refractivity contribution < 1.29 is 9.53 Å². The third kappa shape index (κ3) is 4.58. The number of nitrogens with zero attached hydrogens (tertiary/aromatic N) is 4. The number of morpholine rings is 1. The topological polar surface area (TPSA) is 62.6 Å². The number of carbonyl (C=O) groups is 1. The summed E-state index contributed by atoms with van der Waals surface area (Å²) >= 11 is 0. The van der Waals surface area contributed by atoms with Crippen molar-refractivity contribution in [3.63, 3.8) is 0 Å². The summed E-state index contributed by atoms with van der Waals surface area (Å²) in [4.78, 5) is 17.8. The monoisotopic (exact) mass is 417 g/mol. The van der Waals surface area contributed by atoms with Gasteiger partial charge in [0.15, 0.2) is 5.69 Å². The van der Waals surface area contributed by atoms with Gasteiger partial charge in [-0.05, 0) is 59.3 Å². The Morgan fingerprint density at radius 1 is 1.17 bits per heavy atom. The van der Waals surface area contributed by atoms with E-state index in [4.69, 9.17) is 9.84 Å². The number of aryl methyl sites for hydroxylation is 1. The Balaban J connectivity index is 1.44. The van der Waals surface area contributed by atoms with E-state index in [0.717, 1.165) is 84.6 Å². The summed E-state index contributed by atoms with van der Waals surface area (Å²) in [6, 6.07) is 0.403. The van der Waals surface area contributed by atoms with E-state index in [1.165, 1.54) is 17.7 Å². The lowest BCUT2D eigenvalue weighted by atomic mass is 9.90. The molecular formula is C23H39N5O2. The smallest absolute Gasteiger partial charge is 0.274 e. The van der Waals surface area contributed by atoms with Crippen LogP contribution in [0, 0.1) is 0 Å². The maximum Gasteiger partial charge on any atom is 0.274 e. The van der Waals surface area contributed by atoms with Crippen molar-refractivity contribution in [3.05, 3.63) is 17.0 Å². The molecule has 7 heteroatoms. The van der Waals surface area contributed by atoms with Gasteiger partial charge in [-0.25, -0.2) is 0 Å². The van der Waals surface area contributed by atoms with Crippen LogP contribution in [0.2, 0.25) is 0 Å². The lowest BCUT2D eigenvalue weighted by molar-refractivity contribution is -0.0104. The van der Waals surface area contributed by atoms with Gasteiger partial charge in [0.2, 0.25) is 0 Å². The predicted molar refractivity (Wildman–Crippen MR) is 118 cm³/mol. The molecule has 1 aliphatic carbocycles. The van der Waals surface area contributed by atoms with Gasteiger partial charge in [-0.1, -0.05) is 0 Å². The van der Waals surface area contributed by atoms with Crippen molar-refractivity contribution in [1.82, 2.24) is 24.9 Å². The van der Waals surface area contributed by atoms with Crippen LogP contribution in [0.5, 0.6) is 0 Å². The van der Waals surface area contributed by atoms with Crippen LogP contribution < -0.4 is 5.32 Å². The highest BCUT2D eigenvalue weighted by atomic mass is 16.5. The number of likely N-dealkylation sites (tertiary alicyclic amines) is 1. The summed E-state index contributed by atoms with van der Waals surface area (Å²) in [6.45, 7) is 14.0. The van der Waals surface area contributed by atoms with Crippen molar-refractivity contribution in [1.29, 1.82) is 0 Å². The summed E-state index contributed by atoms with van der Waals surface area (Å²) in [5, 5.41) is 8.61. The molecule has 0 spiro atoms. The van der Waals surface area contributed by atoms with E-state index in [9.17, 15) is 4.79 Å². The van der Waals surface area contributed by atoms with Crippen LogP contribution in [0.1, 0.15) is 68.2 Å². The molecule has 2 saturated heterocycles. The summed E-state index contributed by atoms with van der Waals surface area (Å²) in [6.07, 6.45) is 6.47. The zero-order valence-corrected chi connectivity index (χ0v) is 19.1. The molecule has 4 rings (SSSR count). The molecule has 2 fully saturated rings. The van der Waals surface area contributed by atoms with E-state index >= 15 is 0 Å². The molecule has 7 nitrogen and oxygen atoms in total. The Hall–Kier alpha value is -1.44. The molecular weight excluding hydrogens is 378 g/mol. The standard InChI is InChI=1S/C23H39N5O2/c1-4-28-20-9-8-18(24-17-23(2,3)27-12-14-30-15-13-27)16-19(20)21(25-28)22(29)26-10-6-5-7-11-26/h18,24H,4-17H2,1-3H3/t18-/m1/s1. The second-order valence-corrected chi connectivity index (χ2v) is 9.67. The number of ether oxygens (including phenoxy) is 1. The lowest BCUT2D eigenvalue weighted by Crippen LogP contribution is -2.56. The van der Waals surface area contributed by atoms with Gasteiger partial charge in [-0.2, -0.15) is 5.10 Å². The van der Waals surface area contributed by atoms with E-state index in [-0.39, 0.29) is 11.4 Å². The van der Waals surface area contributed by atoms with Crippen molar-refractivity contribution in [3.8, 4) is 0 Å². The molecule has 168 valence electrons. The molecule has 0 bridgehead atoms. The minimum absolute atomic E-state index is 0.101. The van der Waals surface area contributed by atoms with Crippen LogP contribution in [-0.2, 0) is 24.1 Å². The van der Waals surface area contributed by atoms with Crippen LogP contribution in [0.3, 0.4) is 0 Å². The number of rotatable bonds is 6. The van der Waals surface area contributed by atoms with Crippen molar-refractivity contribution >= 4 is 5.91 Å². The maximum atomic E-state index is 13.2. The van der Waals surface area contributed by atoms with Crippen LogP contribution in [-0.4, -0.2) is 83.0 Å². The molecule has 1 amide bonds. The molecule has 0 aromatic carbocycles. The fraction of sp³-hybridized carbons (Fsp3) is 0.826. The first-order valence-corrected chi connectivity index (χ1v) is 11.9. The van der Waals surface area contributed by atoms with Crippen LogP contribution in [0.15, 0.2) is 0 Å². The minimum Gasteiger partial charge on any atom is -0.379 e. The highest BCUT2D eigenvalue weighted by Crippen LogP contribution is 2.27. The molecule has 3 heterocycles. The molecule has 1 N–H and O–H groups in total. The van der Waals surface area contributed by atoms with Gasteiger partial charge >= 0.3 is 0 Å². The number of fused-ring (bicyclic) bond motifs is 1. The van der Waals surface area contributed by atoms with Crippen LogP contribution in [0.4, 0.5) is 0 Å². The van der Waals surface area contributed by atoms with E-state index in [1.807, 2.05) is 4.90 Å². The first kappa shape index (κ1) is 21.8. The van der Waals surface area contributed by atoms with E-state index < -0.39 is 0 Å².